The maximum absolute atomic E-state index is 13.3. The van der Waals surface area contributed by atoms with Gasteiger partial charge in [0.25, 0.3) is 0 Å². The Hall–Kier alpha value is -3.54. The number of carbonyl (C=O) groups is 1. The Morgan fingerprint density at radius 1 is 1.02 bits per heavy atom. The van der Waals surface area contributed by atoms with E-state index in [-0.39, 0.29) is 36.8 Å². The Labute approximate surface area is 251 Å². The van der Waals surface area contributed by atoms with Gasteiger partial charge in [-0.15, -0.1) is 24.8 Å². The fourth-order valence-corrected chi connectivity index (χ4v) is 6.95. The average molecular weight is 623 g/mol. The zero-order valence-corrected chi connectivity index (χ0v) is 24.8. The predicted molar refractivity (Wildman–Crippen MR) is 165 cm³/mol. The summed E-state index contributed by atoms with van der Waals surface area (Å²) < 4.78 is 34.1. The molecule has 0 radical (unpaired) electrons. The third kappa shape index (κ3) is 6.69. The van der Waals surface area contributed by atoms with Crippen LogP contribution in [-0.2, 0) is 21.2 Å². The number of hydrogen-bond donors (Lipinski definition) is 4. The van der Waals surface area contributed by atoms with Crippen LogP contribution in [0, 0.1) is 10.8 Å². The molecule has 0 saturated carbocycles. The fraction of sp³-hybridized carbons (Fsp3) is 0.321. The number of sulfonamides is 1. The Kier molecular flexibility index (Phi) is 9.78. The summed E-state index contributed by atoms with van der Waals surface area (Å²) in [5, 5.41) is 26.6. The Morgan fingerprint density at radius 2 is 1.71 bits per heavy atom. The van der Waals surface area contributed by atoms with E-state index in [9.17, 15) is 18.3 Å². The van der Waals surface area contributed by atoms with Crippen LogP contribution in [0.5, 0.6) is 5.75 Å². The summed E-state index contributed by atoms with van der Waals surface area (Å²) in [7, 11) is -4.19. The van der Waals surface area contributed by atoms with Gasteiger partial charge in [0, 0.05) is 37.9 Å². The molecule has 5 N–H and O–H groups in total. The minimum absolute atomic E-state index is 0. The number of rotatable bonds is 7. The van der Waals surface area contributed by atoms with Gasteiger partial charge in [0.05, 0.1) is 17.6 Å². The second-order valence-corrected chi connectivity index (χ2v) is 11.9. The third-order valence-corrected chi connectivity index (χ3v) is 9.03. The molecule has 2 heterocycles. The topological polar surface area (TPSA) is 161 Å². The van der Waals surface area contributed by atoms with Crippen molar-refractivity contribution in [1.29, 1.82) is 10.8 Å². The number of hydrogen-bond acceptors (Lipinski definition) is 6. The Morgan fingerprint density at radius 3 is 2.34 bits per heavy atom. The van der Waals surface area contributed by atoms with Crippen molar-refractivity contribution in [3.63, 3.8) is 0 Å². The van der Waals surface area contributed by atoms with E-state index in [0.29, 0.717) is 34.8 Å². The molecule has 0 spiro atoms. The van der Waals surface area contributed by atoms with Crippen LogP contribution in [0.3, 0.4) is 0 Å². The first-order valence-corrected chi connectivity index (χ1v) is 14.3. The van der Waals surface area contributed by atoms with E-state index in [1.54, 1.807) is 31.2 Å². The van der Waals surface area contributed by atoms with Gasteiger partial charge in [0.2, 0.25) is 10.0 Å². The quantitative estimate of drug-likeness (QED) is 0.225. The number of nitrogens with zero attached hydrogens (tertiary/aromatic N) is 2. The standard InChI is InChI=1S/C28H31N5O5S.2ClH/c1-17(29)32-10-8-23(9-11-32)38-24-6-7-25-22(14-24)15-26(33(25)39(36,37)16-27(34)35)19-4-2-18-3-5-20(28(30)31)13-21(18)12-19;;/h2-7,12-14,23,26,29H,8-11,15-16H2,1H3,(H3,30,31)(H,34,35);2*1H. The fourth-order valence-electron chi connectivity index (χ4n) is 5.44. The van der Waals surface area contributed by atoms with Crippen LogP contribution in [-0.4, -0.2) is 61.0 Å². The number of nitrogen functional groups attached to an aromatic ring is 1. The summed E-state index contributed by atoms with van der Waals surface area (Å²) in [6, 6.07) is 15.7. The van der Waals surface area contributed by atoms with E-state index < -0.39 is 27.8 Å². The number of ether oxygens (including phenoxy) is 1. The number of carboxylic acids is 1. The third-order valence-electron chi connectivity index (χ3n) is 7.37. The van der Waals surface area contributed by atoms with Crippen LogP contribution < -0.4 is 14.8 Å². The van der Waals surface area contributed by atoms with Crippen molar-refractivity contribution in [2.75, 3.05) is 23.1 Å². The van der Waals surface area contributed by atoms with Crippen molar-refractivity contribution in [2.24, 2.45) is 5.73 Å². The molecule has 3 aromatic carbocycles. The zero-order valence-electron chi connectivity index (χ0n) is 22.4. The molecule has 1 fully saturated rings. The van der Waals surface area contributed by atoms with Crippen LogP contribution in [0.15, 0.2) is 54.6 Å². The molecule has 41 heavy (non-hydrogen) atoms. The van der Waals surface area contributed by atoms with E-state index in [0.717, 1.165) is 42.3 Å². The second-order valence-electron chi connectivity index (χ2n) is 10.1. The Balaban J connectivity index is 0.00000231. The van der Waals surface area contributed by atoms with Gasteiger partial charge in [-0.25, -0.2) is 8.42 Å². The number of benzene rings is 3. The molecule has 10 nitrogen and oxygen atoms in total. The number of nitrogens with two attached hydrogens (primary N) is 1. The lowest BCUT2D eigenvalue weighted by atomic mass is 9.98. The highest BCUT2D eigenvalue weighted by atomic mass is 35.5. The number of anilines is 1. The van der Waals surface area contributed by atoms with Crippen molar-refractivity contribution >= 4 is 68.9 Å². The summed E-state index contributed by atoms with van der Waals surface area (Å²) >= 11 is 0. The lowest BCUT2D eigenvalue weighted by Gasteiger charge is -2.33. The summed E-state index contributed by atoms with van der Waals surface area (Å²) in [5.74, 6) is -1.31. The smallest absolute Gasteiger partial charge is 0.320 e. The van der Waals surface area contributed by atoms with Gasteiger partial charge < -0.3 is 20.5 Å². The summed E-state index contributed by atoms with van der Waals surface area (Å²) in [4.78, 5) is 13.5. The Bertz CT molecular complexity index is 1590. The molecule has 220 valence electrons. The van der Waals surface area contributed by atoms with Crippen LogP contribution in [0.25, 0.3) is 10.8 Å². The molecule has 13 heteroatoms. The van der Waals surface area contributed by atoms with Crippen molar-refractivity contribution in [2.45, 2.75) is 38.3 Å². The van der Waals surface area contributed by atoms with E-state index in [1.807, 2.05) is 35.2 Å². The first-order chi connectivity index (χ1) is 18.5. The number of nitrogens with one attached hydrogen (secondary N) is 2. The zero-order chi connectivity index (χ0) is 27.9. The molecule has 0 amide bonds. The molecule has 3 aromatic rings. The van der Waals surface area contributed by atoms with Gasteiger partial charge >= 0.3 is 5.97 Å². The van der Waals surface area contributed by atoms with Gasteiger partial charge in [-0.2, -0.15) is 0 Å². The van der Waals surface area contributed by atoms with Gasteiger partial charge in [0.1, 0.15) is 17.7 Å². The second kappa shape index (κ2) is 12.5. The maximum Gasteiger partial charge on any atom is 0.320 e. The molecule has 0 bridgehead atoms. The highest BCUT2D eigenvalue weighted by molar-refractivity contribution is 7.93. The van der Waals surface area contributed by atoms with Crippen molar-refractivity contribution in [3.8, 4) is 5.75 Å². The molecular weight excluding hydrogens is 589 g/mol. The van der Waals surface area contributed by atoms with Gasteiger partial charge in [0.15, 0.2) is 5.75 Å². The first-order valence-electron chi connectivity index (χ1n) is 12.7. The monoisotopic (exact) mass is 621 g/mol. The molecule has 0 aromatic heterocycles. The van der Waals surface area contributed by atoms with Gasteiger partial charge in [-0.05, 0) is 59.2 Å². The van der Waals surface area contributed by atoms with Crippen molar-refractivity contribution < 1.29 is 23.1 Å². The predicted octanol–water partition coefficient (Wildman–Crippen LogP) is 4.33. The first kappa shape index (κ1) is 32.0. The van der Waals surface area contributed by atoms with Gasteiger partial charge in [-0.3, -0.25) is 19.9 Å². The summed E-state index contributed by atoms with van der Waals surface area (Å²) in [6.45, 7) is 3.28. The van der Waals surface area contributed by atoms with E-state index in [1.165, 1.54) is 4.31 Å². The lowest BCUT2D eigenvalue weighted by molar-refractivity contribution is -0.134. The van der Waals surface area contributed by atoms with Crippen LogP contribution in [0.4, 0.5) is 5.69 Å². The van der Waals surface area contributed by atoms with Crippen LogP contribution >= 0.6 is 24.8 Å². The number of carboxylic acid groups (broad SMARTS) is 1. The number of aliphatic carboxylic acids is 1. The largest absolute Gasteiger partial charge is 0.490 e. The molecular formula is C28H33Cl2N5O5S. The van der Waals surface area contributed by atoms with Crippen molar-refractivity contribution in [3.05, 3.63) is 71.3 Å². The number of likely N-dealkylation sites (tertiary alicyclic amines) is 1. The minimum Gasteiger partial charge on any atom is -0.490 e. The van der Waals surface area contributed by atoms with Crippen molar-refractivity contribution in [1.82, 2.24) is 4.90 Å². The van der Waals surface area contributed by atoms with Crippen LogP contribution in [0.2, 0.25) is 0 Å². The maximum atomic E-state index is 13.3. The highest BCUT2D eigenvalue weighted by Gasteiger charge is 2.40. The van der Waals surface area contributed by atoms with E-state index in [2.05, 4.69) is 0 Å². The number of halogens is 2. The minimum atomic E-state index is -4.19. The number of fused-ring (bicyclic) bond motifs is 2. The molecule has 0 aliphatic carbocycles. The van der Waals surface area contributed by atoms with Crippen LogP contribution in [0.1, 0.15) is 42.5 Å². The summed E-state index contributed by atoms with van der Waals surface area (Å²) in [6.07, 6.45) is 1.93. The molecule has 1 unspecified atom stereocenters. The molecule has 2 aliphatic rings. The normalized spacial score (nSPS) is 16.9. The van der Waals surface area contributed by atoms with E-state index >= 15 is 0 Å². The molecule has 1 atom stereocenters. The number of amidine groups is 2. The SMILES string of the molecule is CC(=N)N1CCC(Oc2ccc3c(c2)CC(c2ccc4ccc(C(=N)N)cc4c2)N3S(=O)(=O)CC(=O)O)CC1.Cl.Cl. The molecule has 1 saturated heterocycles. The highest BCUT2D eigenvalue weighted by Crippen LogP contribution is 2.44. The van der Waals surface area contributed by atoms with E-state index in [4.69, 9.17) is 21.3 Å². The summed E-state index contributed by atoms with van der Waals surface area (Å²) in [5.41, 5.74) is 8.15. The molecule has 5 rings (SSSR count). The average Bonchev–Trinajstić information content (AvgIpc) is 3.27. The number of piperidine rings is 1. The molecule has 2 aliphatic heterocycles. The van der Waals surface area contributed by atoms with Gasteiger partial charge in [-0.1, -0.05) is 24.3 Å². The lowest BCUT2D eigenvalue weighted by Crippen LogP contribution is -2.40.